The molecule has 1 aromatic rings. The molecule has 1 N–H and O–H groups in total. The van der Waals surface area contributed by atoms with Gasteiger partial charge in [0.15, 0.2) is 5.78 Å². The Hall–Kier alpha value is -2.30. The lowest BCUT2D eigenvalue weighted by atomic mass is 10.1. The van der Waals surface area contributed by atoms with Crippen molar-refractivity contribution in [3.63, 3.8) is 0 Å². The highest BCUT2D eigenvalue weighted by molar-refractivity contribution is 6.05. The Balaban J connectivity index is 2.91. The summed E-state index contributed by atoms with van der Waals surface area (Å²) in [6, 6.07) is 5.18. The molecule has 0 fully saturated rings. The average molecular weight is 304 g/mol. The van der Waals surface area contributed by atoms with Gasteiger partial charge in [-0.15, -0.1) is 0 Å². The number of ether oxygens (including phenoxy) is 1. The molecule has 0 saturated heterocycles. The number of nitrogens with one attached hydrogen (secondary N) is 1. The summed E-state index contributed by atoms with van der Waals surface area (Å²) in [6.45, 7) is 7.25. The molecule has 5 nitrogen and oxygen atoms in total. The molecule has 22 heavy (non-hydrogen) atoms. The molecule has 0 saturated carbocycles. The normalized spacial score (nSPS) is 11.4. The highest BCUT2D eigenvalue weighted by Crippen LogP contribution is 2.19. The molecule has 0 atom stereocenters. The fourth-order valence-electron chi connectivity index (χ4n) is 1.64. The van der Waals surface area contributed by atoms with Gasteiger partial charge >= 0.3 is 6.09 Å². The minimum absolute atomic E-state index is 0.124. The highest BCUT2D eigenvalue weighted by atomic mass is 16.6. The van der Waals surface area contributed by atoms with Crippen molar-refractivity contribution >= 4 is 17.6 Å². The number of allylic oxidation sites excluding steroid dienone is 1. The molecule has 5 heteroatoms. The summed E-state index contributed by atoms with van der Waals surface area (Å²) in [6.07, 6.45) is 2.63. The second-order valence-corrected chi connectivity index (χ2v) is 6.30. The largest absolute Gasteiger partial charge is 0.444 e. The first kappa shape index (κ1) is 17.8. The zero-order valence-electron chi connectivity index (χ0n) is 14.1. The minimum atomic E-state index is -0.570. The molecule has 1 aromatic carbocycles. The third kappa shape index (κ3) is 5.99. The zero-order chi connectivity index (χ0) is 16.9. The van der Waals surface area contributed by atoms with Gasteiger partial charge in [-0.05, 0) is 39.3 Å². The van der Waals surface area contributed by atoms with Crippen molar-refractivity contribution in [2.45, 2.75) is 33.3 Å². The molecule has 0 aliphatic heterocycles. The van der Waals surface area contributed by atoms with Crippen LogP contribution < -0.4 is 5.32 Å². The summed E-state index contributed by atoms with van der Waals surface area (Å²) in [7, 11) is 3.68. The van der Waals surface area contributed by atoms with E-state index in [-0.39, 0.29) is 5.78 Å². The zero-order valence-corrected chi connectivity index (χ0v) is 14.1. The van der Waals surface area contributed by atoms with Crippen LogP contribution in [0.25, 0.3) is 0 Å². The third-order valence-corrected chi connectivity index (χ3v) is 2.68. The van der Waals surface area contributed by atoms with E-state index in [1.807, 2.05) is 21.0 Å². The predicted octanol–water partition coefficient (Wildman–Crippen LogP) is 3.60. The Labute approximate surface area is 132 Å². The average Bonchev–Trinajstić information content (AvgIpc) is 2.36. The van der Waals surface area contributed by atoms with E-state index in [9.17, 15) is 9.59 Å². The molecular weight excluding hydrogens is 280 g/mol. The number of nitrogens with zero attached hydrogens (tertiary/aromatic N) is 1. The van der Waals surface area contributed by atoms with Crippen LogP contribution in [0.4, 0.5) is 10.5 Å². The van der Waals surface area contributed by atoms with Crippen LogP contribution in [-0.4, -0.2) is 36.5 Å². The smallest absolute Gasteiger partial charge is 0.412 e. The van der Waals surface area contributed by atoms with Crippen molar-refractivity contribution in [2.24, 2.45) is 0 Å². The van der Waals surface area contributed by atoms with E-state index >= 15 is 0 Å². The monoisotopic (exact) mass is 304 g/mol. The fraction of sp³-hybridized carbons (Fsp3) is 0.412. The standard InChI is InChI=1S/C17H24N2O3/c1-12-7-8-13(15(20)9-10-19(5)6)11-14(12)18-16(21)22-17(2,3)4/h7-11H,1-6H3,(H,18,21)/b10-9+. The van der Waals surface area contributed by atoms with Gasteiger partial charge in [0, 0.05) is 37.6 Å². The van der Waals surface area contributed by atoms with Crippen LogP contribution in [0.1, 0.15) is 36.7 Å². The lowest BCUT2D eigenvalue weighted by molar-refractivity contribution is 0.0635. The number of benzene rings is 1. The van der Waals surface area contributed by atoms with E-state index < -0.39 is 11.7 Å². The maximum Gasteiger partial charge on any atom is 0.412 e. The number of anilines is 1. The number of hydrogen-bond donors (Lipinski definition) is 1. The minimum Gasteiger partial charge on any atom is -0.444 e. The van der Waals surface area contributed by atoms with Gasteiger partial charge in [0.1, 0.15) is 5.60 Å². The van der Waals surface area contributed by atoms with Gasteiger partial charge in [0.2, 0.25) is 0 Å². The van der Waals surface area contributed by atoms with Crippen molar-refractivity contribution in [3.8, 4) is 0 Å². The molecule has 0 aliphatic carbocycles. The number of carbonyl (C=O) groups excluding carboxylic acids is 2. The summed E-state index contributed by atoms with van der Waals surface area (Å²) in [4.78, 5) is 25.7. The molecule has 0 heterocycles. The van der Waals surface area contributed by atoms with Crippen molar-refractivity contribution in [1.82, 2.24) is 4.90 Å². The summed E-state index contributed by atoms with van der Waals surface area (Å²) < 4.78 is 5.22. The SMILES string of the molecule is Cc1ccc(C(=O)/C=C/N(C)C)cc1NC(=O)OC(C)(C)C. The highest BCUT2D eigenvalue weighted by Gasteiger charge is 2.17. The Morgan fingerprint density at radius 1 is 1.23 bits per heavy atom. The van der Waals surface area contributed by atoms with Crippen LogP contribution in [0.15, 0.2) is 30.5 Å². The lowest BCUT2D eigenvalue weighted by Crippen LogP contribution is -2.27. The number of ketones is 1. The number of aryl methyl sites for hydroxylation is 1. The van der Waals surface area contributed by atoms with E-state index in [2.05, 4.69) is 5.32 Å². The second-order valence-electron chi connectivity index (χ2n) is 6.30. The topological polar surface area (TPSA) is 58.6 Å². The quantitative estimate of drug-likeness (QED) is 0.682. The van der Waals surface area contributed by atoms with Gasteiger partial charge in [-0.1, -0.05) is 12.1 Å². The van der Waals surface area contributed by atoms with Gasteiger partial charge < -0.3 is 9.64 Å². The maximum absolute atomic E-state index is 12.1. The van der Waals surface area contributed by atoms with Gasteiger partial charge in [0.05, 0.1) is 0 Å². The van der Waals surface area contributed by atoms with Crippen LogP contribution in [0.3, 0.4) is 0 Å². The Morgan fingerprint density at radius 2 is 1.86 bits per heavy atom. The summed E-state index contributed by atoms with van der Waals surface area (Å²) in [5, 5.41) is 2.68. The first-order chi connectivity index (χ1) is 10.1. The van der Waals surface area contributed by atoms with Gasteiger partial charge in [-0.25, -0.2) is 4.79 Å². The van der Waals surface area contributed by atoms with Gasteiger partial charge in [-0.2, -0.15) is 0 Å². The number of hydrogen-bond acceptors (Lipinski definition) is 4. The van der Waals surface area contributed by atoms with Crippen LogP contribution >= 0.6 is 0 Å². The summed E-state index contributed by atoms with van der Waals surface area (Å²) in [5.41, 5.74) is 1.37. The molecule has 0 radical (unpaired) electrons. The van der Waals surface area contributed by atoms with Crippen LogP contribution in [-0.2, 0) is 4.74 Å². The maximum atomic E-state index is 12.1. The van der Waals surface area contributed by atoms with Gasteiger partial charge in [-0.3, -0.25) is 10.1 Å². The van der Waals surface area contributed by atoms with E-state index in [1.165, 1.54) is 6.08 Å². The molecule has 1 rings (SSSR count). The number of carbonyl (C=O) groups is 2. The van der Waals surface area contributed by atoms with Crippen LogP contribution in [0.5, 0.6) is 0 Å². The molecule has 0 bridgehead atoms. The fourth-order valence-corrected chi connectivity index (χ4v) is 1.64. The van der Waals surface area contributed by atoms with E-state index in [0.717, 1.165) is 5.56 Å². The number of rotatable bonds is 4. The molecule has 1 amide bonds. The first-order valence-electron chi connectivity index (χ1n) is 7.08. The molecule has 0 unspecified atom stereocenters. The predicted molar refractivity (Wildman–Crippen MR) is 88.2 cm³/mol. The Bertz CT molecular complexity index is 584. The summed E-state index contributed by atoms with van der Waals surface area (Å²) >= 11 is 0. The van der Waals surface area contributed by atoms with Crippen LogP contribution in [0, 0.1) is 6.92 Å². The van der Waals surface area contributed by atoms with E-state index in [1.54, 1.807) is 50.1 Å². The number of amides is 1. The van der Waals surface area contributed by atoms with E-state index in [4.69, 9.17) is 4.74 Å². The Morgan fingerprint density at radius 3 is 2.41 bits per heavy atom. The van der Waals surface area contributed by atoms with Gasteiger partial charge in [0.25, 0.3) is 0 Å². The van der Waals surface area contributed by atoms with E-state index in [0.29, 0.717) is 11.3 Å². The molecule has 0 aliphatic rings. The molecule has 120 valence electrons. The second kappa shape index (κ2) is 7.11. The molecule has 0 aromatic heterocycles. The van der Waals surface area contributed by atoms with Crippen molar-refractivity contribution in [2.75, 3.05) is 19.4 Å². The molecular formula is C17H24N2O3. The van der Waals surface area contributed by atoms with Crippen LogP contribution in [0.2, 0.25) is 0 Å². The van der Waals surface area contributed by atoms with Crippen molar-refractivity contribution in [1.29, 1.82) is 0 Å². The Kier molecular flexibility index (Phi) is 5.74. The van der Waals surface area contributed by atoms with Crippen molar-refractivity contribution < 1.29 is 14.3 Å². The molecule has 0 spiro atoms. The first-order valence-corrected chi connectivity index (χ1v) is 7.08. The lowest BCUT2D eigenvalue weighted by Gasteiger charge is -2.20. The third-order valence-electron chi connectivity index (χ3n) is 2.68. The van der Waals surface area contributed by atoms with Crippen molar-refractivity contribution in [3.05, 3.63) is 41.6 Å². The summed E-state index contributed by atoms with van der Waals surface area (Å²) in [5.74, 6) is -0.124.